The van der Waals surface area contributed by atoms with Gasteiger partial charge in [-0.25, -0.2) is 0 Å². The fourth-order valence-electron chi connectivity index (χ4n) is 2.42. The van der Waals surface area contributed by atoms with Crippen LogP contribution in [0.3, 0.4) is 0 Å². The Bertz CT molecular complexity index is 1030. The van der Waals surface area contributed by atoms with Gasteiger partial charge < -0.3 is 0 Å². The maximum absolute atomic E-state index is 12.2. The molecule has 0 bridgehead atoms. The minimum atomic E-state index is -3.73. The number of methoxy groups -OCH3 is 1. The molecule has 0 atom stereocenters. The van der Waals surface area contributed by atoms with Crippen LogP contribution in [0.2, 0.25) is 0 Å². The Balaban J connectivity index is 1.88. The van der Waals surface area contributed by atoms with Crippen molar-refractivity contribution in [3.63, 3.8) is 0 Å². The van der Waals surface area contributed by atoms with Crippen molar-refractivity contribution in [3.05, 3.63) is 58.5 Å². The first-order valence-corrected chi connectivity index (χ1v) is 10.9. The van der Waals surface area contributed by atoms with E-state index < -0.39 is 31.7 Å². The van der Waals surface area contributed by atoms with Crippen LogP contribution in [0.25, 0.3) is 5.57 Å². The number of benzene rings is 2. The van der Waals surface area contributed by atoms with Gasteiger partial charge >= 0.3 is 157 Å². The number of ether oxygens (including phenoxy) is 1. The van der Waals surface area contributed by atoms with Gasteiger partial charge in [-0.2, -0.15) is 0 Å². The number of primary sulfonamides is 1. The Labute approximate surface area is 157 Å². The molecule has 0 spiro atoms. The second kappa shape index (κ2) is 7.07. The molecule has 7 nitrogen and oxygen atoms in total. The van der Waals surface area contributed by atoms with Crippen molar-refractivity contribution in [1.29, 1.82) is 0 Å². The van der Waals surface area contributed by atoms with Gasteiger partial charge in [-0.15, -0.1) is 0 Å². The van der Waals surface area contributed by atoms with E-state index in [0.29, 0.717) is 22.4 Å². The van der Waals surface area contributed by atoms with Crippen LogP contribution in [0.1, 0.15) is 15.9 Å². The number of nitrogens with two attached hydrogens (primary N) is 1. The summed E-state index contributed by atoms with van der Waals surface area (Å²) < 4.78 is 28.2. The predicted molar refractivity (Wildman–Crippen MR) is 97.6 cm³/mol. The van der Waals surface area contributed by atoms with E-state index in [4.69, 9.17) is 9.88 Å². The number of fused-ring (bicyclic) bond motifs is 1. The van der Waals surface area contributed by atoms with Crippen LogP contribution >= 0.6 is 0 Å². The van der Waals surface area contributed by atoms with Crippen LogP contribution in [0.15, 0.2) is 52.2 Å². The molecule has 0 unspecified atom stereocenters. The first-order valence-electron chi connectivity index (χ1n) is 7.37. The molecular weight excluding hydrogens is 419 g/mol. The number of hydrogen-bond donors (Lipinski definition) is 2. The number of amides is 1. The second-order valence-electron chi connectivity index (χ2n) is 5.42. The number of hydrogen-bond acceptors (Lipinski definition) is 5. The van der Waals surface area contributed by atoms with Gasteiger partial charge in [-0.05, 0) is 0 Å². The number of nitrogens with one attached hydrogen (secondary N) is 1. The van der Waals surface area contributed by atoms with Crippen LogP contribution < -0.4 is 14.8 Å². The standard InChI is InChI=1S/C17H14AsN2O5S/c1-25-17(22)10-2-7-15-13(8-10)14(16(21)20-15)9-18-11-3-5-12(6-4-11)26(19,23)24/h2-9H,1H3,(H,20,21)(H2,19,23,24)/b14-9+. The molecule has 2 aromatic carbocycles. The Morgan fingerprint density at radius 1 is 1.19 bits per heavy atom. The SMILES string of the molecule is COC(=O)c1ccc2c(c1)/C(=C\[As]c1ccc(S(N)(=O)=O)cc1)C(=O)N2. The summed E-state index contributed by atoms with van der Waals surface area (Å²) in [5.41, 5.74) is 2.14. The Kier molecular flexibility index (Phi) is 5.00. The Morgan fingerprint density at radius 3 is 2.50 bits per heavy atom. The third kappa shape index (κ3) is 3.72. The van der Waals surface area contributed by atoms with Crippen molar-refractivity contribution < 1.29 is 22.7 Å². The van der Waals surface area contributed by atoms with E-state index in [-0.39, 0.29) is 10.8 Å². The van der Waals surface area contributed by atoms with E-state index in [2.05, 4.69) is 5.32 Å². The van der Waals surface area contributed by atoms with Crippen LogP contribution in [-0.4, -0.2) is 43.2 Å². The molecule has 3 rings (SSSR count). The summed E-state index contributed by atoms with van der Waals surface area (Å²) in [6.45, 7) is 0. The van der Waals surface area contributed by atoms with Crippen LogP contribution in [0, 0.1) is 0 Å². The minimum absolute atomic E-state index is 0.0433. The van der Waals surface area contributed by atoms with Gasteiger partial charge in [0, 0.05) is 0 Å². The van der Waals surface area contributed by atoms with Gasteiger partial charge in [0.1, 0.15) is 0 Å². The summed E-state index contributed by atoms with van der Waals surface area (Å²) in [6.07, 6.45) is 0. The molecule has 9 heteroatoms. The summed E-state index contributed by atoms with van der Waals surface area (Å²) in [5, 5.41) is 7.84. The molecule has 0 saturated heterocycles. The summed E-state index contributed by atoms with van der Waals surface area (Å²) in [6, 6.07) is 11.1. The molecule has 0 saturated carbocycles. The van der Waals surface area contributed by atoms with Gasteiger partial charge in [0.2, 0.25) is 0 Å². The van der Waals surface area contributed by atoms with Gasteiger partial charge in [-0.3, -0.25) is 0 Å². The molecule has 26 heavy (non-hydrogen) atoms. The zero-order valence-corrected chi connectivity index (χ0v) is 16.3. The molecule has 1 amide bonds. The first-order chi connectivity index (χ1) is 12.3. The topological polar surface area (TPSA) is 116 Å². The molecule has 1 heterocycles. The van der Waals surface area contributed by atoms with Crippen molar-refractivity contribution in [2.75, 3.05) is 12.4 Å². The first kappa shape index (κ1) is 18.4. The molecule has 1 radical (unpaired) electrons. The summed E-state index contributed by atoms with van der Waals surface area (Å²) in [7, 11) is -2.43. The third-order valence-corrected chi connectivity index (χ3v) is 6.72. The number of carbonyl (C=O) groups excluding carboxylic acids is 2. The molecule has 3 N–H and O–H groups in total. The average Bonchev–Trinajstić information content (AvgIpc) is 2.93. The number of sulfonamides is 1. The Hall–Kier alpha value is -2.41. The zero-order chi connectivity index (χ0) is 18.9. The molecule has 1 aliphatic rings. The number of esters is 1. The van der Waals surface area contributed by atoms with Gasteiger partial charge in [0.25, 0.3) is 0 Å². The van der Waals surface area contributed by atoms with Crippen LogP contribution in [-0.2, 0) is 19.6 Å². The maximum atomic E-state index is 12.2. The molecule has 2 aromatic rings. The second-order valence-corrected chi connectivity index (χ2v) is 9.15. The van der Waals surface area contributed by atoms with E-state index in [9.17, 15) is 18.0 Å². The van der Waals surface area contributed by atoms with Crippen molar-refractivity contribution in [3.8, 4) is 0 Å². The van der Waals surface area contributed by atoms with E-state index in [1.807, 2.05) is 4.86 Å². The predicted octanol–water partition coefficient (Wildman–Crippen LogP) is 0.443. The Morgan fingerprint density at radius 2 is 1.88 bits per heavy atom. The molecule has 0 aliphatic carbocycles. The van der Waals surface area contributed by atoms with E-state index in [0.717, 1.165) is 4.35 Å². The van der Waals surface area contributed by atoms with E-state index in [1.54, 1.807) is 30.3 Å². The van der Waals surface area contributed by atoms with E-state index >= 15 is 0 Å². The summed E-state index contributed by atoms with van der Waals surface area (Å²) >= 11 is -0.530. The van der Waals surface area contributed by atoms with Gasteiger partial charge in [-0.1, -0.05) is 0 Å². The summed E-state index contributed by atoms with van der Waals surface area (Å²) in [5.74, 6) is -0.711. The fourth-order valence-corrected chi connectivity index (χ4v) is 4.73. The van der Waals surface area contributed by atoms with Crippen molar-refractivity contribution >= 4 is 53.3 Å². The van der Waals surface area contributed by atoms with Crippen molar-refractivity contribution in [2.24, 2.45) is 5.14 Å². The molecule has 133 valence electrons. The van der Waals surface area contributed by atoms with Crippen molar-refractivity contribution in [1.82, 2.24) is 0 Å². The summed E-state index contributed by atoms with van der Waals surface area (Å²) in [4.78, 5) is 25.8. The molecule has 0 fully saturated rings. The van der Waals surface area contributed by atoms with Crippen LogP contribution in [0.5, 0.6) is 0 Å². The van der Waals surface area contributed by atoms with Crippen molar-refractivity contribution in [2.45, 2.75) is 4.90 Å². The average molecular weight is 433 g/mol. The fraction of sp³-hybridized carbons (Fsp3) is 0.0588. The quantitative estimate of drug-likeness (QED) is 0.413. The van der Waals surface area contributed by atoms with Gasteiger partial charge in [0.05, 0.1) is 0 Å². The molecular formula is C17H14AsN2O5S. The molecule has 1 aliphatic heterocycles. The van der Waals surface area contributed by atoms with Crippen LogP contribution in [0.4, 0.5) is 5.69 Å². The monoisotopic (exact) mass is 433 g/mol. The normalized spacial score (nSPS) is 15.3. The zero-order valence-electron chi connectivity index (χ0n) is 13.6. The van der Waals surface area contributed by atoms with Gasteiger partial charge in [0.15, 0.2) is 0 Å². The number of carbonyl (C=O) groups is 2. The van der Waals surface area contributed by atoms with E-state index in [1.165, 1.54) is 19.2 Å². The number of anilines is 1. The third-order valence-electron chi connectivity index (χ3n) is 3.73. The number of rotatable bonds is 4. The molecule has 0 aromatic heterocycles.